The zero-order valence-electron chi connectivity index (χ0n) is 13.0. The van der Waals surface area contributed by atoms with E-state index in [2.05, 4.69) is 10.3 Å². The standard InChI is InChI=1S/C16H24N2O3/c1-10-14(12(3)19)11(2)18-15(10)16(20)17-7-4-8-21-9-13-5-6-13/h13,18H,4-9H2,1-3H3,(H,17,20). The van der Waals surface area contributed by atoms with Crippen LogP contribution in [0, 0.1) is 19.8 Å². The maximum atomic E-state index is 12.1. The van der Waals surface area contributed by atoms with Crippen LogP contribution in [0.15, 0.2) is 0 Å². The summed E-state index contributed by atoms with van der Waals surface area (Å²) in [6, 6.07) is 0. The maximum Gasteiger partial charge on any atom is 0.268 e. The lowest BCUT2D eigenvalue weighted by atomic mass is 10.1. The van der Waals surface area contributed by atoms with Gasteiger partial charge < -0.3 is 15.0 Å². The summed E-state index contributed by atoms with van der Waals surface area (Å²) in [5.41, 5.74) is 2.57. The van der Waals surface area contributed by atoms with E-state index in [0.29, 0.717) is 24.4 Å². The van der Waals surface area contributed by atoms with E-state index >= 15 is 0 Å². The van der Waals surface area contributed by atoms with Gasteiger partial charge in [-0.15, -0.1) is 0 Å². The van der Waals surface area contributed by atoms with Crippen LogP contribution in [0.5, 0.6) is 0 Å². The molecule has 1 fully saturated rings. The second-order valence-electron chi connectivity index (χ2n) is 5.81. The average molecular weight is 292 g/mol. The Labute approximate surface area is 125 Å². The first-order valence-corrected chi connectivity index (χ1v) is 7.56. The van der Waals surface area contributed by atoms with Gasteiger partial charge in [-0.25, -0.2) is 0 Å². The van der Waals surface area contributed by atoms with Gasteiger partial charge in [0.15, 0.2) is 5.78 Å². The lowest BCUT2D eigenvalue weighted by Gasteiger charge is -2.06. The van der Waals surface area contributed by atoms with Gasteiger partial charge in [-0.1, -0.05) is 0 Å². The molecule has 0 atom stereocenters. The molecule has 0 aromatic carbocycles. The number of ether oxygens (including phenoxy) is 1. The summed E-state index contributed by atoms with van der Waals surface area (Å²) in [6.07, 6.45) is 3.39. The van der Waals surface area contributed by atoms with Crippen molar-refractivity contribution in [3.63, 3.8) is 0 Å². The van der Waals surface area contributed by atoms with Crippen molar-refractivity contribution in [1.29, 1.82) is 0 Å². The Morgan fingerprint density at radius 2 is 2.05 bits per heavy atom. The molecule has 1 aromatic rings. The van der Waals surface area contributed by atoms with Gasteiger partial charge in [0.2, 0.25) is 0 Å². The molecule has 116 valence electrons. The Balaban J connectivity index is 1.77. The van der Waals surface area contributed by atoms with Gasteiger partial charge in [0.1, 0.15) is 5.69 Å². The van der Waals surface area contributed by atoms with Gasteiger partial charge in [0.05, 0.1) is 0 Å². The van der Waals surface area contributed by atoms with Crippen LogP contribution in [0.3, 0.4) is 0 Å². The van der Waals surface area contributed by atoms with E-state index in [4.69, 9.17) is 4.74 Å². The topological polar surface area (TPSA) is 71.2 Å². The quantitative estimate of drug-likeness (QED) is 0.571. The number of ketones is 1. The second kappa shape index (κ2) is 6.89. The fourth-order valence-electron chi connectivity index (χ4n) is 2.50. The number of hydrogen-bond donors (Lipinski definition) is 2. The number of carbonyl (C=O) groups is 2. The van der Waals surface area contributed by atoms with E-state index in [-0.39, 0.29) is 11.7 Å². The Bertz CT molecular complexity index is 530. The highest BCUT2D eigenvalue weighted by Crippen LogP contribution is 2.28. The Kier molecular flexibility index (Phi) is 5.17. The van der Waals surface area contributed by atoms with Crippen molar-refractivity contribution >= 4 is 11.7 Å². The van der Waals surface area contributed by atoms with E-state index in [1.165, 1.54) is 19.8 Å². The predicted octanol–water partition coefficient (Wildman–Crippen LogP) is 2.38. The molecule has 0 radical (unpaired) electrons. The normalized spacial score (nSPS) is 14.2. The molecule has 21 heavy (non-hydrogen) atoms. The third-order valence-electron chi connectivity index (χ3n) is 3.82. The van der Waals surface area contributed by atoms with Crippen molar-refractivity contribution in [1.82, 2.24) is 10.3 Å². The molecule has 0 bridgehead atoms. The molecule has 1 aliphatic carbocycles. The first kappa shape index (κ1) is 15.8. The molecular formula is C16H24N2O3. The van der Waals surface area contributed by atoms with Gasteiger partial charge in [-0.05, 0) is 51.5 Å². The van der Waals surface area contributed by atoms with Crippen LogP contribution >= 0.6 is 0 Å². The molecule has 2 rings (SSSR count). The van der Waals surface area contributed by atoms with E-state index in [1.807, 2.05) is 6.92 Å². The highest BCUT2D eigenvalue weighted by molar-refractivity contribution is 6.02. The van der Waals surface area contributed by atoms with Crippen molar-refractivity contribution in [2.24, 2.45) is 5.92 Å². The summed E-state index contributed by atoms with van der Waals surface area (Å²) in [6.45, 7) is 7.24. The number of hydrogen-bond acceptors (Lipinski definition) is 3. The van der Waals surface area contributed by atoms with Gasteiger partial charge in [0.25, 0.3) is 5.91 Å². The largest absolute Gasteiger partial charge is 0.381 e. The predicted molar refractivity (Wildman–Crippen MR) is 80.8 cm³/mol. The molecule has 2 N–H and O–H groups in total. The number of carbonyl (C=O) groups excluding carboxylic acids is 2. The molecule has 5 heteroatoms. The van der Waals surface area contributed by atoms with Crippen molar-refractivity contribution in [3.05, 3.63) is 22.5 Å². The molecule has 0 unspecified atom stereocenters. The molecule has 1 aromatic heterocycles. The monoisotopic (exact) mass is 292 g/mol. The zero-order valence-corrected chi connectivity index (χ0v) is 13.0. The lowest BCUT2D eigenvalue weighted by molar-refractivity contribution is 0.0932. The number of aromatic nitrogens is 1. The summed E-state index contributed by atoms with van der Waals surface area (Å²) in [4.78, 5) is 26.7. The Hall–Kier alpha value is -1.62. The van der Waals surface area contributed by atoms with Gasteiger partial charge >= 0.3 is 0 Å². The minimum absolute atomic E-state index is 0.0197. The molecule has 5 nitrogen and oxygen atoms in total. The van der Waals surface area contributed by atoms with Gasteiger partial charge in [-0.3, -0.25) is 9.59 Å². The SMILES string of the molecule is CC(=O)c1c(C)[nH]c(C(=O)NCCCOCC2CC2)c1C. The van der Waals surface area contributed by atoms with E-state index < -0.39 is 0 Å². The molecule has 1 heterocycles. The number of rotatable bonds is 8. The van der Waals surface area contributed by atoms with Crippen LogP contribution in [-0.2, 0) is 4.74 Å². The van der Waals surface area contributed by atoms with Crippen molar-refractivity contribution < 1.29 is 14.3 Å². The summed E-state index contributed by atoms with van der Waals surface area (Å²) in [5.74, 6) is 0.591. The van der Waals surface area contributed by atoms with E-state index in [1.54, 1.807) is 6.92 Å². The molecule has 1 amide bonds. The number of Topliss-reactive ketones (excluding diaryl/α,β-unsaturated/α-hetero) is 1. The zero-order chi connectivity index (χ0) is 15.4. The summed E-state index contributed by atoms with van der Waals surface area (Å²) in [5, 5.41) is 2.86. The smallest absolute Gasteiger partial charge is 0.268 e. The van der Waals surface area contributed by atoms with Crippen LogP contribution in [0.4, 0.5) is 0 Å². The van der Waals surface area contributed by atoms with Crippen molar-refractivity contribution in [2.75, 3.05) is 19.8 Å². The van der Waals surface area contributed by atoms with E-state index in [9.17, 15) is 9.59 Å². The first-order chi connectivity index (χ1) is 10.0. The second-order valence-corrected chi connectivity index (χ2v) is 5.81. The van der Waals surface area contributed by atoms with Gasteiger partial charge in [0, 0.05) is 31.0 Å². The van der Waals surface area contributed by atoms with Crippen LogP contribution in [0.25, 0.3) is 0 Å². The van der Waals surface area contributed by atoms with Crippen LogP contribution in [-0.4, -0.2) is 36.4 Å². The van der Waals surface area contributed by atoms with Gasteiger partial charge in [-0.2, -0.15) is 0 Å². The van der Waals surface area contributed by atoms with Crippen LogP contribution < -0.4 is 5.32 Å². The summed E-state index contributed by atoms with van der Waals surface area (Å²) in [7, 11) is 0. The molecule has 1 aliphatic rings. The number of nitrogens with one attached hydrogen (secondary N) is 2. The molecular weight excluding hydrogens is 268 g/mol. The number of aryl methyl sites for hydroxylation is 1. The fourth-order valence-corrected chi connectivity index (χ4v) is 2.50. The minimum atomic E-state index is -0.162. The Morgan fingerprint density at radius 3 is 2.62 bits per heavy atom. The number of amides is 1. The summed E-state index contributed by atoms with van der Waals surface area (Å²) >= 11 is 0. The first-order valence-electron chi connectivity index (χ1n) is 7.56. The van der Waals surface area contributed by atoms with E-state index in [0.717, 1.165) is 30.2 Å². The average Bonchev–Trinajstić information content (AvgIpc) is 3.18. The number of aromatic amines is 1. The van der Waals surface area contributed by atoms with Crippen LogP contribution in [0.1, 0.15) is 58.3 Å². The maximum absolute atomic E-state index is 12.1. The Morgan fingerprint density at radius 1 is 1.33 bits per heavy atom. The lowest BCUT2D eigenvalue weighted by Crippen LogP contribution is -2.26. The van der Waals surface area contributed by atoms with Crippen molar-refractivity contribution in [3.8, 4) is 0 Å². The van der Waals surface area contributed by atoms with Crippen molar-refractivity contribution in [2.45, 2.75) is 40.0 Å². The minimum Gasteiger partial charge on any atom is -0.381 e. The highest BCUT2D eigenvalue weighted by Gasteiger charge is 2.21. The molecule has 0 spiro atoms. The molecule has 1 saturated carbocycles. The molecule has 0 aliphatic heterocycles. The summed E-state index contributed by atoms with van der Waals surface area (Å²) < 4.78 is 5.52. The van der Waals surface area contributed by atoms with Crippen LogP contribution in [0.2, 0.25) is 0 Å². The third-order valence-corrected chi connectivity index (χ3v) is 3.82. The highest BCUT2D eigenvalue weighted by atomic mass is 16.5. The fraction of sp³-hybridized carbons (Fsp3) is 0.625. The third kappa shape index (κ3) is 4.17. The molecule has 0 saturated heterocycles. The number of H-pyrrole nitrogens is 1.